The fourth-order valence-corrected chi connectivity index (χ4v) is 4.30. The van der Waals surface area contributed by atoms with Crippen LogP contribution in [0.3, 0.4) is 0 Å². The van der Waals surface area contributed by atoms with E-state index in [1.807, 2.05) is 38.1 Å². The van der Waals surface area contributed by atoms with E-state index in [9.17, 15) is 14.0 Å². The number of hydrogen-bond donors (Lipinski definition) is 1. The first-order valence-electron chi connectivity index (χ1n) is 11.7. The van der Waals surface area contributed by atoms with Gasteiger partial charge in [-0.1, -0.05) is 61.7 Å². The third-order valence-corrected chi connectivity index (χ3v) is 6.12. The molecule has 2 aromatic carbocycles. The van der Waals surface area contributed by atoms with Crippen LogP contribution < -0.4 is 10.2 Å². The van der Waals surface area contributed by atoms with E-state index in [1.54, 1.807) is 12.1 Å². The SMILES string of the molecule is CC[C@@H](C(=O)NC1CCCC1)N(C(=O)Cn1nnc(-c2ccc(C)cc2)n1)c1ccccc1F. The molecule has 3 aromatic rings. The van der Waals surface area contributed by atoms with E-state index in [0.717, 1.165) is 36.8 Å². The Bertz CT molecular complexity index is 1140. The van der Waals surface area contributed by atoms with Gasteiger partial charge in [0.2, 0.25) is 11.7 Å². The minimum Gasteiger partial charge on any atom is -0.352 e. The van der Waals surface area contributed by atoms with Gasteiger partial charge in [-0.2, -0.15) is 4.80 Å². The maximum absolute atomic E-state index is 14.8. The fourth-order valence-electron chi connectivity index (χ4n) is 4.30. The Morgan fingerprint density at radius 1 is 1.15 bits per heavy atom. The normalized spacial score (nSPS) is 14.7. The molecule has 1 N–H and O–H groups in total. The van der Waals surface area contributed by atoms with Gasteiger partial charge in [0, 0.05) is 11.6 Å². The van der Waals surface area contributed by atoms with Crippen LogP contribution in [0.1, 0.15) is 44.6 Å². The highest BCUT2D eigenvalue weighted by atomic mass is 19.1. The standard InChI is InChI=1S/C25H29FN6O2/c1-3-21(25(34)27-19-8-4-5-9-19)32(22-11-7-6-10-20(22)26)23(33)16-31-29-24(28-30-31)18-14-12-17(2)13-15-18/h6-7,10-15,19,21H,3-5,8-9,16H2,1-2H3,(H,27,34)/t21-/m0/s1. The number of halogens is 1. The quantitative estimate of drug-likeness (QED) is 0.549. The third-order valence-electron chi connectivity index (χ3n) is 6.12. The average Bonchev–Trinajstić information content (AvgIpc) is 3.51. The van der Waals surface area contributed by atoms with Gasteiger partial charge in [-0.25, -0.2) is 4.39 Å². The predicted octanol–water partition coefficient (Wildman–Crippen LogP) is 3.66. The van der Waals surface area contributed by atoms with Gasteiger partial charge in [0.15, 0.2) is 0 Å². The molecule has 178 valence electrons. The Balaban J connectivity index is 1.58. The highest BCUT2D eigenvalue weighted by Crippen LogP contribution is 2.25. The van der Waals surface area contributed by atoms with Gasteiger partial charge in [0.1, 0.15) is 18.4 Å². The number of benzene rings is 2. The molecule has 1 aromatic heterocycles. The summed E-state index contributed by atoms with van der Waals surface area (Å²) in [6.07, 6.45) is 4.30. The number of anilines is 1. The number of nitrogens with one attached hydrogen (secondary N) is 1. The molecule has 0 unspecified atom stereocenters. The van der Waals surface area contributed by atoms with E-state index in [-0.39, 0.29) is 24.2 Å². The number of rotatable bonds is 8. The van der Waals surface area contributed by atoms with Crippen molar-refractivity contribution in [3.8, 4) is 11.4 Å². The number of hydrogen-bond acceptors (Lipinski definition) is 5. The van der Waals surface area contributed by atoms with Crippen LogP contribution in [-0.4, -0.2) is 44.1 Å². The van der Waals surface area contributed by atoms with Crippen LogP contribution in [0, 0.1) is 12.7 Å². The second kappa shape index (κ2) is 10.5. The molecule has 1 aliphatic rings. The molecule has 2 amide bonds. The zero-order chi connectivity index (χ0) is 24.1. The Hall–Kier alpha value is -3.62. The minimum atomic E-state index is -0.856. The molecule has 4 rings (SSSR count). The Morgan fingerprint density at radius 2 is 1.85 bits per heavy atom. The molecule has 1 heterocycles. The first-order chi connectivity index (χ1) is 16.5. The van der Waals surface area contributed by atoms with Gasteiger partial charge in [0.05, 0.1) is 5.69 Å². The summed E-state index contributed by atoms with van der Waals surface area (Å²) in [7, 11) is 0. The minimum absolute atomic E-state index is 0.0554. The largest absolute Gasteiger partial charge is 0.352 e. The number of nitrogens with zero attached hydrogens (tertiary/aromatic N) is 5. The lowest BCUT2D eigenvalue weighted by atomic mass is 10.1. The zero-order valence-electron chi connectivity index (χ0n) is 19.4. The molecule has 0 bridgehead atoms. The van der Waals surface area contributed by atoms with Crippen molar-refractivity contribution in [2.45, 2.75) is 64.6 Å². The summed E-state index contributed by atoms with van der Waals surface area (Å²) < 4.78 is 14.8. The van der Waals surface area contributed by atoms with E-state index in [4.69, 9.17) is 0 Å². The van der Waals surface area contributed by atoms with Crippen LogP contribution in [0.2, 0.25) is 0 Å². The van der Waals surface area contributed by atoms with Gasteiger partial charge >= 0.3 is 0 Å². The highest BCUT2D eigenvalue weighted by Gasteiger charge is 2.33. The summed E-state index contributed by atoms with van der Waals surface area (Å²) in [5.41, 5.74) is 1.94. The maximum Gasteiger partial charge on any atom is 0.251 e. The summed E-state index contributed by atoms with van der Waals surface area (Å²) in [5, 5.41) is 15.4. The molecule has 1 fully saturated rings. The average molecular weight is 465 g/mol. The van der Waals surface area contributed by atoms with Gasteiger partial charge in [-0.3, -0.25) is 14.5 Å². The molecule has 1 atom stereocenters. The Kier molecular flexibility index (Phi) is 7.30. The van der Waals surface area contributed by atoms with Crippen molar-refractivity contribution in [3.63, 3.8) is 0 Å². The summed E-state index contributed by atoms with van der Waals surface area (Å²) in [5.74, 6) is -0.963. The van der Waals surface area contributed by atoms with Crippen LogP contribution in [0.25, 0.3) is 11.4 Å². The van der Waals surface area contributed by atoms with Crippen molar-refractivity contribution < 1.29 is 14.0 Å². The Morgan fingerprint density at radius 3 is 2.53 bits per heavy atom. The van der Waals surface area contributed by atoms with Crippen molar-refractivity contribution in [3.05, 3.63) is 59.9 Å². The van der Waals surface area contributed by atoms with Gasteiger partial charge in [-0.15, -0.1) is 10.2 Å². The van der Waals surface area contributed by atoms with Crippen LogP contribution in [-0.2, 0) is 16.1 Å². The summed E-state index contributed by atoms with van der Waals surface area (Å²) in [4.78, 5) is 29.0. The number of tetrazole rings is 1. The topological polar surface area (TPSA) is 93.0 Å². The smallest absolute Gasteiger partial charge is 0.251 e. The van der Waals surface area contributed by atoms with Crippen molar-refractivity contribution in [1.29, 1.82) is 0 Å². The monoisotopic (exact) mass is 464 g/mol. The molecule has 0 saturated heterocycles. The molecular formula is C25H29FN6O2. The van der Waals surface area contributed by atoms with Gasteiger partial charge < -0.3 is 5.32 Å². The van der Waals surface area contributed by atoms with Crippen molar-refractivity contribution in [2.24, 2.45) is 0 Å². The lowest BCUT2D eigenvalue weighted by molar-refractivity contribution is -0.127. The van der Waals surface area contributed by atoms with Crippen molar-refractivity contribution >= 4 is 17.5 Å². The molecule has 0 radical (unpaired) electrons. The Labute approximate surface area is 198 Å². The summed E-state index contributed by atoms with van der Waals surface area (Å²) >= 11 is 0. The van der Waals surface area contributed by atoms with E-state index in [0.29, 0.717) is 12.2 Å². The van der Waals surface area contributed by atoms with E-state index >= 15 is 0 Å². The third kappa shape index (κ3) is 5.30. The lowest BCUT2D eigenvalue weighted by Gasteiger charge is -2.31. The van der Waals surface area contributed by atoms with E-state index in [1.165, 1.54) is 21.8 Å². The molecule has 1 aliphatic carbocycles. The van der Waals surface area contributed by atoms with E-state index in [2.05, 4.69) is 20.7 Å². The molecule has 0 spiro atoms. The van der Waals surface area contributed by atoms with Crippen LogP contribution >= 0.6 is 0 Å². The van der Waals surface area contributed by atoms with Crippen molar-refractivity contribution in [1.82, 2.24) is 25.5 Å². The predicted molar refractivity (Wildman–Crippen MR) is 126 cm³/mol. The number of aryl methyl sites for hydroxylation is 1. The second-order valence-corrected chi connectivity index (χ2v) is 8.64. The maximum atomic E-state index is 14.8. The van der Waals surface area contributed by atoms with Gasteiger partial charge in [0.25, 0.3) is 5.91 Å². The van der Waals surface area contributed by atoms with Gasteiger partial charge in [-0.05, 0) is 43.5 Å². The molecular weight excluding hydrogens is 435 g/mol. The lowest BCUT2D eigenvalue weighted by Crippen LogP contribution is -2.52. The number of para-hydroxylation sites is 1. The number of carbonyl (C=O) groups excluding carboxylic acids is 2. The summed E-state index contributed by atoms with van der Waals surface area (Å²) in [6, 6.07) is 12.8. The highest BCUT2D eigenvalue weighted by molar-refractivity contribution is 6.00. The summed E-state index contributed by atoms with van der Waals surface area (Å²) in [6.45, 7) is 3.51. The zero-order valence-corrected chi connectivity index (χ0v) is 19.4. The van der Waals surface area contributed by atoms with Crippen LogP contribution in [0.4, 0.5) is 10.1 Å². The number of aromatic nitrogens is 4. The van der Waals surface area contributed by atoms with Crippen molar-refractivity contribution in [2.75, 3.05) is 4.90 Å². The first-order valence-corrected chi connectivity index (χ1v) is 11.7. The first kappa shape index (κ1) is 23.5. The molecule has 8 nitrogen and oxygen atoms in total. The fraction of sp³-hybridized carbons (Fsp3) is 0.400. The second-order valence-electron chi connectivity index (χ2n) is 8.64. The van der Waals surface area contributed by atoms with Crippen LogP contribution in [0.5, 0.6) is 0 Å². The molecule has 34 heavy (non-hydrogen) atoms. The van der Waals surface area contributed by atoms with E-state index < -0.39 is 17.8 Å². The number of carbonyl (C=O) groups is 2. The number of amides is 2. The molecule has 0 aliphatic heterocycles. The van der Waals surface area contributed by atoms with Crippen LogP contribution in [0.15, 0.2) is 48.5 Å². The molecule has 1 saturated carbocycles. The molecule has 9 heteroatoms.